The molecule has 0 atom stereocenters. The molecule has 2 aliphatic rings. The zero-order valence-electron chi connectivity index (χ0n) is 12.6. The summed E-state index contributed by atoms with van der Waals surface area (Å²) in [5, 5.41) is 14.6. The van der Waals surface area contributed by atoms with E-state index in [1.807, 2.05) is 18.7 Å². The Morgan fingerprint density at radius 3 is 2.77 bits per heavy atom. The summed E-state index contributed by atoms with van der Waals surface area (Å²) in [6.07, 6.45) is 2.31. The van der Waals surface area contributed by atoms with Gasteiger partial charge in [-0.05, 0) is 30.8 Å². The largest absolute Gasteiger partial charge is 0.511 e. The fourth-order valence-electron chi connectivity index (χ4n) is 2.57. The highest BCUT2D eigenvalue weighted by Gasteiger charge is 2.43. The zero-order chi connectivity index (χ0) is 16.2. The monoisotopic (exact) mass is 345 g/mol. The summed E-state index contributed by atoms with van der Waals surface area (Å²) >= 11 is 7.44. The number of oxime groups is 1. The topological polar surface area (TPSA) is 68.1 Å². The van der Waals surface area contributed by atoms with Gasteiger partial charge in [0.2, 0.25) is 0 Å². The Kier molecular flexibility index (Phi) is 5.81. The Morgan fingerprint density at radius 1 is 1.55 bits per heavy atom. The number of aliphatic hydroxyl groups is 1. The van der Waals surface area contributed by atoms with E-state index in [-0.39, 0.29) is 17.9 Å². The van der Waals surface area contributed by atoms with Gasteiger partial charge >= 0.3 is 5.97 Å². The molecule has 122 valence electrons. The Bertz CT molecular complexity index is 524. The van der Waals surface area contributed by atoms with E-state index < -0.39 is 11.6 Å². The molecule has 0 unspecified atom stereocenters. The smallest absolute Gasteiger partial charge is 0.344 e. The first-order valence-corrected chi connectivity index (χ1v) is 8.76. The molecule has 1 spiro atoms. The van der Waals surface area contributed by atoms with Gasteiger partial charge in [-0.25, -0.2) is 4.79 Å². The number of halogens is 1. The lowest BCUT2D eigenvalue weighted by Gasteiger charge is -2.39. The number of hydrogen-bond donors (Lipinski definition) is 1. The van der Waals surface area contributed by atoms with Gasteiger partial charge in [-0.2, -0.15) is 11.8 Å². The van der Waals surface area contributed by atoms with Crippen molar-refractivity contribution < 1.29 is 19.5 Å². The first-order chi connectivity index (χ1) is 10.5. The van der Waals surface area contributed by atoms with Crippen LogP contribution < -0.4 is 0 Å². The minimum Gasteiger partial charge on any atom is -0.511 e. The van der Waals surface area contributed by atoms with Crippen molar-refractivity contribution in [1.29, 1.82) is 0 Å². The summed E-state index contributed by atoms with van der Waals surface area (Å²) in [5.74, 6) is 1.39. The molecule has 0 radical (unpaired) electrons. The highest BCUT2D eigenvalue weighted by Crippen LogP contribution is 2.39. The minimum atomic E-state index is -0.556. The molecule has 22 heavy (non-hydrogen) atoms. The summed E-state index contributed by atoms with van der Waals surface area (Å²) in [4.78, 5) is 17.4. The summed E-state index contributed by atoms with van der Waals surface area (Å²) in [7, 11) is 0. The number of hydrogen-bond acceptors (Lipinski definition) is 6. The molecular weight excluding hydrogens is 326 g/mol. The van der Waals surface area contributed by atoms with Crippen molar-refractivity contribution in [3.63, 3.8) is 0 Å². The van der Waals surface area contributed by atoms with E-state index in [1.54, 1.807) is 0 Å². The molecule has 5 nitrogen and oxygen atoms in total. The third kappa shape index (κ3) is 3.98. The van der Waals surface area contributed by atoms with Crippen molar-refractivity contribution in [2.24, 2.45) is 5.16 Å². The minimum absolute atomic E-state index is 0.0389. The van der Waals surface area contributed by atoms with Crippen molar-refractivity contribution in [2.75, 3.05) is 18.1 Å². The van der Waals surface area contributed by atoms with E-state index in [0.717, 1.165) is 24.3 Å². The summed E-state index contributed by atoms with van der Waals surface area (Å²) in [6.45, 7) is 5.37. The Balaban J connectivity index is 2.19. The van der Waals surface area contributed by atoms with Gasteiger partial charge in [-0.15, -0.1) is 0 Å². The van der Waals surface area contributed by atoms with Crippen LogP contribution in [0.25, 0.3) is 0 Å². The normalized spacial score (nSPS) is 21.7. The van der Waals surface area contributed by atoms with Crippen LogP contribution >= 0.6 is 23.4 Å². The Hall–Kier alpha value is -1.14. The molecule has 0 aromatic carbocycles. The second kappa shape index (κ2) is 7.42. The van der Waals surface area contributed by atoms with Gasteiger partial charge < -0.3 is 14.7 Å². The van der Waals surface area contributed by atoms with Crippen molar-refractivity contribution in [3.8, 4) is 0 Å². The van der Waals surface area contributed by atoms with Crippen LogP contribution in [0.4, 0.5) is 0 Å². The average Bonchev–Trinajstić information content (AvgIpc) is 2.45. The summed E-state index contributed by atoms with van der Waals surface area (Å²) in [5.41, 5.74) is -0.0768. The quantitative estimate of drug-likeness (QED) is 0.469. The molecule has 0 bridgehead atoms. The van der Waals surface area contributed by atoms with Gasteiger partial charge in [0.15, 0.2) is 6.61 Å². The number of thioether (sulfide) groups is 1. The lowest BCUT2D eigenvalue weighted by molar-refractivity contribution is -0.158. The molecule has 7 heteroatoms. The number of nitrogens with zero attached hydrogens (tertiary/aromatic N) is 1. The maximum Gasteiger partial charge on any atom is 0.344 e. The first-order valence-electron chi connectivity index (χ1n) is 7.23. The van der Waals surface area contributed by atoms with Crippen LogP contribution in [0.5, 0.6) is 0 Å². The van der Waals surface area contributed by atoms with Crippen LogP contribution in [0.3, 0.4) is 0 Å². The van der Waals surface area contributed by atoms with Gasteiger partial charge in [-0.1, -0.05) is 30.3 Å². The van der Waals surface area contributed by atoms with Gasteiger partial charge in [-0.3, -0.25) is 0 Å². The molecule has 0 aromatic rings. The van der Waals surface area contributed by atoms with Crippen LogP contribution in [-0.4, -0.2) is 40.5 Å². The van der Waals surface area contributed by atoms with Crippen molar-refractivity contribution in [3.05, 3.63) is 22.9 Å². The Labute approximate surface area is 139 Å². The van der Waals surface area contributed by atoms with E-state index >= 15 is 0 Å². The van der Waals surface area contributed by atoms with Crippen LogP contribution in [-0.2, 0) is 14.4 Å². The van der Waals surface area contributed by atoms with Gasteiger partial charge in [0.1, 0.15) is 16.9 Å². The van der Waals surface area contributed by atoms with Gasteiger partial charge in [0.05, 0.1) is 10.7 Å². The highest BCUT2D eigenvalue weighted by atomic mass is 35.5. The summed E-state index contributed by atoms with van der Waals surface area (Å²) in [6, 6.07) is 0. The third-order valence-electron chi connectivity index (χ3n) is 3.71. The van der Waals surface area contributed by atoms with Crippen LogP contribution in [0.15, 0.2) is 28.1 Å². The van der Waals surface area contributed by atoms with E-state index in [1.165, 1.54) is 0 Å². The maximum absolute atomic E-state index is 12.3. The van der Waals surface area contributed by atoms with Crippen LogP contribution in [0.2, 0.25) is 0 Å². The second-order valence-corrected chi connectivity index (χ2v) is 7.12. The maximum atomic E-state index is 12.3. The molecule has 0 aromatic heterocycles. The molecule has 0 saturated carbocycles. The number of esters is 1. The van der Waals surface area contributed by atoms with E-state index in [4.69, 9.17) is 21.2 Å². The predicted molar refractivity (Wildman–Crippen MR) is 88.3 cm³/mol. The standard InChI is InChI=1S/C15H20ClNO4S/c1-3-11(17-20-9-10(2)16)13-12(18)8-15(21-14(13)19)4-6-22-7-5-15/h18H,2-9H2,1H3/b17-11+. The summed E-state index contributed by atoms with van der Waals surface area (Å²) < 4.78 is 5.66. The number of aliphatic hydroxyl groups excluding tert-OH is 1. The molecule has 1 N–H and O–H groups in total. The van der Waals surface area contributed by atoms with Crippen molar-refractivity contribution in [1.82, 2.24) is 0 Å². The first kappa shape index (κ1) is 17.2. The van der Waals surface area contributed by atoms with E-state index in [9.17, 15) is 9.90 Å². The van der Waals surface area contributed by atoms with Gasteiger partial charge in [0, 0.05) is 6.42 Å². The lowest BCUT2D eigenvalue weighted by atomic mass is 9.87. The molecule has 2 rings (SSSR count). The number of rotatable bonds is 5. The third-order valence-corrected chi connectivity index (χ3v) is 4.81. The lowest BCUT2D eigenvalue weighted by Crippen LogP contribution is -2.44. The fourth-order valence-corrected chi connectivity index (χ4v) is 3.85. The molecule has 1 fully saturated rings. The van der Waals surface area contributed by atoms with E-state index in [0.29, 0.717) is 23.6 Å². The number of carbonyl (C=O) groups excluding carboxylic acids is 1. The molecule has 2 aliphatic heterocycles. The molecule has 0 aliphatic carbocycles. The molecular formula is C15H20ClNO4S. The molecule has 1 saturated heterocycles. The zero-order valence-corrected chi connectivity index (χ0v) is 14.1. The van der Waals surface area contributed by atoms with Crippen molar-refractivity contribution in [2.45, 2.75) is 38.2 Å². The number of carbonyl (C=O) groups is 1. The Morgan fingerprint density at radius 2 is 2.23 bits per heavy atom. The van der Waals surface area contributed by atoms with Crippen LogP contribution in [0.1, 0.15) is 32.6 Å². The predicted octanol–water partition coefficient (Wildman–Crippen LogP) is 3.55. The molecule has 0 amide bonds. The number of ether oxygens (including phenoxy) is 1. The average molecular weight is 346 g/mol. The van der Waals surface area contributed by atoms with Gasteiger partial charge in [0.25, 0.3) is 0 Å². The van der Waals surface area contributed by atoms with Crippen LogP contribution in [0, 0.1) is 0 Å². The second-order valence-electron chi connectivity index (χ2n) is 5.37. The van der Waals surface area contributed by atoms with Crippen molar-refractivity contribution >= 4 is 35.0 Å². The van der Waals surface area contributed by atoms with E-state index in [2.05, 4.69) is 11.7 Å². The SMILES string of the molecule is C=C(Cl)CO/N=C(\CC)C1=C(O)CC2(CCSCC2)OC1=O. The highest BCUT2D eigenvalue weighted by molar-refractivity contribution is 7.99. The molecule has 2 heterocycles. The fraction of sp³-hybridized carbons (Fsp3) is 0.600.